The predicted octanol–water partition coefficient (Wildman–Crippen LogP) is 2.28. The molecule has 3 rings (SSSR count). The number of rotatable bonds is 4. The molecule has 0 amide bonds. The van der Waals surface area contributed by atoms with Crippen molar-refractivity contribution in [1.82, 2.24) is 24.7 Å². The van der Waals surface area contributed by atoms with E-state index in [1.807, 2.05) is 42.5 Å². The third kappa shape index (κ3) is 3.11. The Labute approximate surface area is 151 Å². The average molecular weight is 438 g/mol. The molecule has 0 bridgehead atoms. The van der Waals surface area contributed by atoms with E-state index in [1.54, 1.807) is 23.0 Å². The van der Waals surface area contributed by atoms with E-state index in [0.717, 1.165) is 17.0 Å². The fourth-order valence-electron chi connectivity index (χ4n) is 2.23. The molecule has 0 unspecified atom stereocenters. The summed E-state index contributed by atoms with van der Waals surface area (Å²) in [6.45, 7) is 3.86. The average Bonchev–Trinajstić information content (AvgIpc) is 3.13. The molecular formula is C15H15IN6O2. The maximum absolute atomic E-state index is 9.89. The summed E-state index contributed by atoms with van der Waals surface area (Å²) in [6.07, 6.45) is 3.15. The number of aryl methyl sites for hydroxylation is 2. The molecule has 9 heteroatoms. The number of methoxy groups -OCH3 is 1. The molecule has 0 atom stereocenters. The highest BCUT2D eigenvalue weighted by Crippen LogP contribution is 2.31. The third-order valence-electron chi connectivity index (χ3n) is 3.31. The molecule has 1 N–H and O–H groups in total. The molecule has 2 aromatic heterocycles. The number of benzene rings is 1. The zero-order valence-electron chi connectivity index (χ0n) is 13.3. The van der Waals surface area contributed by atoms with Crippen LogP contribution >= 0.6 is 22.6 Å². The van der Waals surface area contributed by atoms with Crippen molar-refractivity contribution in [1.29, 1.82) is 0 Å². The van der Waals surface area contributed by atoms with Gasteiger partial charge in [0.1, 0.15) is 6.33 Å². The van der Waals surface area contributed by atoms with Crippen molar-refractivity contribution in [2.45, 2.75) is 13.8 Å². The molecule has 0 radical (unpaired) electrons. The van der Waals surface area contributed by atoms with Crippen LogP contribution in [0, 0.1) is 17.4 Å². The van der Waals surface area contributed by atoms with Crippen LogP contribution in [0.5, 0.6) is 11.5 Å². The Hall–Kier alpha value is -2.43. The van der Waals surface area contributed by atoms with E-state index < -0.39 is 0 Å². The van der Waals surface area contributed by atoms with Crippen molar-refractivity contribution in [3.8, 4) is 17.4 Å². The molecule has 124 valence electrons. The van der Waals surface area contributed by atoms with Crippen molar-refractivity contribution in [2.75, 3.05) is 7.11 Å². The van der Waals surface area contributed by atoms with Crippen LogP contribution in [-0.2, 0) is 0 Å². The number of nitrogens with zero attached hydrogens (tertiary/aromatic N) is 6. The van der Waals surface area contributed by atoms with E-state index in [1.165, 1.54) is 18.1 Å². The van der Waals surface area contributed by atoms with Gasteiger partial charge in [0.25, 0.3) is 5.95 Å². The number of aromatic nitrogens is 5. The fourth-order valence-corrected chi connectivity index (χ4v) is 2.85. The van der Waals surface area contributed by atoms with Crippen LogP contribution in [0.15, 0.2) is 29.6 Å². The topological polar surface area (TPSA) is 90.4 Å². The zero-order chi connectivity index (χ0) is 17.3. The van der Waals surface area contributed by atoms with Crippen LogP contribution in [0.1, 0.15) is 17.0 Å². The van der Waals surface area contributed by atoms with E-state index in [-0.39, 0.29) is 5.75 Å². The lowest BCUT2D eigenvalue weighted by Gasteiger charge is -2.06. The minimum atomic E-state index is 0.114. The molecule has 0 spiro atoms. The second-order valence-electron chi connectivity index (χ2n) is 5.11. The van der Waals surface area contributed by atoms with Gasteiger partial charge in [-0.15, -0.1) is 10.2 Å². The molecule has 3 aromatic rings. The number of hydrogen-bond donors (Lipinski definition) is 1. The lowest BCUT2D eigenvalue weighted by atomic mass is 10.2. The van der Waals surface area contributed by atoms with E-state index in [0.29, 0.717) is 15.3 Å². The summed E-state index contributed by atoms with van der Waals surface area (Å²) in [5.41, 5.74) is 2.61. The first-order chi connectivity index (χ1) is 11.5. The summed E-state index contributed by atoms with van der Waals surface area (Å²) in [5, 5.41) is 26.6. The van der Waals surface area contributed by atoms with Crippen LogP contribution in [0.3, 0.4) is 0 Å². The Morgan fingerprint density at radius 1 is 1.29 bits per heavy atom. The number of aromatic hydroxyl groups is 1. The maximum Gasteiger partial charge on any atom is 0.273 e. The molecule has 2 heterocycles. The quantitative estimate of drug-likeness (QED) is 0.499. The molecule has 1 aromatic carbocycles. The molecule has 24 heavy (non-hydrogen) atoms. The van der Waals surface area contributed by atoms with E-state index in [4.69, 9.17) is 4.74 Å². The molecule has 8 nitrogen and oxygen atoms in total. The van der Waals surface area contributed by atoms with Gasteiger partial charge in [-0.05, 0) is 60.2 Å². The fraction of sp³-hybridized carbons (Fsp3) is 0.200. The number of hydrogen-bond acceptors (Lipinski definition) is 6. The normalized spacial score (nSPS) is 11.3. The van der Waals surface area contributed by atoms with Crippen LogP contribution in [0.4, 0.5) is 0 Å². The monoisotopic (exact) mass is 438 g/mol. The van der Waals surface area contributed by atoms with E-state index >= 15 is 0 Å². The van der Waals surface area contributed by atoms with Crippen LogP contribution < -0.4 is 4.74 Å². The Balaban J connectivity index is 1.96. The number of ether oxygens (including phenoxy) is 1. The summed E-state index contributed by atoms with van der Waals surface area (Å²) in [7, 11) is 1.51. The lowest BCUT2D eigenvalue weighted by molar-refractivity contribution is 0.371. The maximum atomic E-state index is 9.89. The van der Waals surface area contributed by atoms with E-state index in [2.05, 4.69) is 20.4 Å². The Morgan fingerprint density at radius 3 is 2.75 bits per heavy atom. The largest absolute Gasteiger partial charge is 0.504 e. The van der Waals surface area contributed by atoms with Gasteiger partial charge < -0.3 is 9.84 Å². The Kier molecular flexibility index (Phi) is 4.51. The Morgan fingerprint density at radius 2 is 2.08 bits per heavy atom. The summed E-state index contributed by atoms with van der Waals surface area (Å²) < 4.78 is 9.04. The third-order valence-corrected chi connectivity index (χ3v) is 4.14. The summed E-state index contributed by atoms with van der Waals surface area (Å²) in [4.78, 5) is 0. The standard InChI is InChI=1S/C15H15IN6O2/c1-9-4-10(2)22(20-9)15-19-17-8-21(15)18-7-11-5-12(16)14(23)13(6-11)24-3/h4-8,23H,1-3H3/b18-7-. The predicted molar refractivity (Wildman–Crippen MR) is 97.0 cm³/mol. The summed E-state index contributed by atoms with van der Waals surface area (Å²) in [6, 6.07) is 5.46. The molecule has 0 saturated carbocycles. The molecule has 0 aliphatic rings. The lowest BCUT2D eigenvalue weighted by Crippen LogP contribution is -2.06. The van der Waals surface area contributed by atoms with Gasteiger partial charge in [-0.25, -0.2) is 4.68 Å². The van der Waals surface area contributed by atoms with Crippen molar-refractivity contribution < 1.29 is 9.84 Å². The first-order valence-electron chi connectivity index (χ1n) is 7.04. The zero-order valence-corrected chi connectivity index (χ0v) is 15.5. The smallest absolute Gasteiger partial charge is 0.273 e. The minimum Gasteiger partial charge on any atom is -0.504 e. The van der Waals surface area contributed by atoms with Gasteiger partial charge in [-0.2, -0.15) is 14.9 Å². The number of halogens is 1. The highest BCUT2D eigenvalue weighted by atomic mass is 127. The van der Waals surface area contributed by atoms with Crippen LogP contribution in [-0.4, -0.2) is 43.1 Å². The van der Waals surface area contributed by atoms with Gasteiger partial charge in [0.2, 0.25) is 0 Å². The van der Waals surface area contributed by atoms with Crippen LogP contribution in [0.25, 0.3) is 5.95 Å². The first kappa shape index (κ1) is 16.4. The molecular weight excluding hydrogens is 423 g/mol. The van der Waals surface area contributed by atoms with Gasteiger partial charge >= 0.3 is 0 Å². The highest BCUT2D eigenvalue weighted by molar-refractivity contribution is 14.1. The molecule has 0 aliphatic heterocycles. The van der Waals surface area contributed by atoms with Gasteiger partial charge in [0.05, 0.1) is 22.6 Å². The van der Waals surface area contributed by atoms with Gasteiger partial charge in [0, 0.05) is 5.69 Å². The second-order valence-corrected chi connectivity index (χ2v) is 6.27. The SMILES string of the molecule is COc1cc(/C=N\n2cnnc2-n2nc(C)cc2C)cc(I)c1O. The summed E-state index contributed by atoms with van der Waals surface area (Å²) in [5.74, 6) is 1.01. The Bertz CT molecular complexity index is 915. The molecule has 0 saturated heterocycles. The van der Waals surface area contributed by atoms with E-state index in [9.17, 15) is 5.11 Å². The van der Waals surface area contributed by atoms with Crippen molar-refractivity contribution in [3.05, 3.63) is 45.0 Å². The summed E-state index contributed by atoms with van der Waals surface area (Å²) >= 11 is 2.04. The first-order valence-corrected chi connectivity index (χ1v) is 8.12. The number of phenolic OH excluding ortho intramolecular Hbond substituents is 1. The molecule has 0 fully saturated rings. The van der Waals surface area contributed by atoms with Crippen molar-refractivity contribution >= 4 is 28.8 Å². The minimum absolute atomic E-state index is 0.114. The second kappa shape index (κ2) is 6.59. The van der Waals surface area contributed by atoms with Gasteiger partial charge in [-0.3, -0.25) is 0 Å². The van der Waals surface area contributed by atoms with Crippen LogP contribution in [0.2, 0.25) is 0 Å². The van der Waals surface area contributed by atoms with Gasteiger partial charge in [0.15, 0.2) is 11.5 Å². The molecule has 0 aliphatic carbocycles. The van der Waals surface area contributed by atoms with Crippen molar-refractivity contribution in [3.63, 3.8) is 0 Å². The van der Waals surface area contributed by atoms with Crippen molar-refractivity contribution in [2.24, 2.45) is 5.10 Å². The number of phenols is 1. The highest BCUT2D eigenvalue weighted by Gasteiger charge is 2.11. The van der Waals surface area contributed by atoms with Gasteiger partial charge in [-0.1, -0.05) is 0 Å².